The van der Waals surface area contributed by atoms with E-state index in [1.54, 1.807) is 26.3 Å². The van der Waals surface area contributed by atoms with Gasteiger partial charge in [-0.3, -0.25) is 4.79 Å². The second-order valence-corrected chi connectivity index (χ2v) is 4.45. The van der Waals surface area contributed by atoms with E-state index in [2.05, 4.69) is 26.1 Å². The largest absolute Gasteiger partial charge is 0.383 e. The van der Waals surface area contributed by atoms with Crippen LogP contribution in [0.2, 0.25) is 0 Å². The summed E-state index contributed by atoms with van der Waals surface area (Å²) in [5.41, 5.74) is 0.760. The van der Waals surface area contributed by atoms with Gasteiger partial charge in [-0.05, 0) is 6.92 Å². The summed E-state index contributed by atoms with van der Waals surface area (Å²) in [6, 6.07) is 1.64. The smallest absolute Gasteiger partial charge is 0.247 e. The number of methoxy groups -OCH3 is 1. The molecule has 0 aromatic carbocycles. The maximum absolute atomic E-state index is 11.8. The van der Waals surface area contributed by atoms with Crippen molar-refractivity contribution in [3.8, 4) is 0 Å². The highest BCUT2D eigenvalue weighted by Crippen LogP contribution is 2.06. The number of ether oxygens (including phenoxy) is 1. The number of rotatable bonds is 8. The Morgan fingerprint density at radius 1 is 1.52 bits per heavy atom. The lowest BCUT2D eigenvalue weighted by molar-refractivity contribution is -0.117. The number of carbonyl (C=O) groups excluding carboxylic acids is 1. The van der Waals surface area contributed by atoms with Crippen molar-refractivity contribution < 1.29 is 14.1 Å². The van der Waals surface area contributed by atoms with Crippen molar-refractivity contribution in [3.05, 3.63) is 23.7 Å². The molecule has 9 nitrogen and oxygen atoms in total. The van der Waals surface area contributed by atoms with Crippen LogP contribution in [0.3, 0.4) is 0 Å². The van der Waals surface area contributed by atoms with E-state index in [1.165, 1.54) is 4.68 Å². The topological polar surface area (TPSA) is 107 Å². The molecule has 0 aliphatic carbocycles. The minimum absolute atomic E-state index is 0.0664. The second-order valence-electron chi connectivity index (χ2n) is 4.45. The van der Waals surface area contributed by atoms with E-state index in [9.17, 15) is 4.79 Å². The van der Waals surface area contributed by atoms with Gasteiger partial charge < -0.3 is 19.9 Å². The Kier molecular flexibility index (Phi) is 5.41. The van der Waals surface area contributed by atoms with Crippen LogP contribution in [0.5, 0.6) is 0 Å². The normalized spacial score (nSPS) is 10.8. The number of hydrogen-bond donors (Lipinski definition) is 2. The molecule has 2 aromatic rings. The third-order valence-corrected chi connectivity index (χ3v) is 2.58. The number of hydrogen-bond acceptors (Lipinski definition) is 7. The van der Waals surface area contributed by atoms with Crippen molar-refractivity contribution in [2.45, 2.75) is 20.0 Å². The van der Waals surface area contributed by atoms with Crippen LogP contribution in [-0.2, 0) is 22.6 Å². The zero-order chi connectivity index (χ0) is 15.1. The molecule has 0 aliphatic heterocycles. The Balaban J connectivity index is 1.77. The lowest BCUT2D eigenvalue weighted by Crippen LogP contribution is -2.19. The molecule has 114 valence electrons. The molecule has 1 amide bonds. The number of carbonyl (C=O) groups is 1. The van der Waals surface area contributed by atoms with E-state index in [-0.39, 0.29) is 12.5 Å². The Hall–Kier alpha value is -2.26. The minimum atomic E-state index is -0.243. The molecule has 9 heteroatoms. The lowest BCUT2D eigenvalue weighted by atomic mass is 10.4. The van der Waals surface area contributed by atoms with Crippen LogP contribution in [-0.4, -0.2) is 46.3 Å². The first-order valence-electron chi connectivity index (χ1n) is 6.49. The molecule has 0 saturated heterocycles. The predicted octanol–water partition coefficient (Wildman–Crippen LogP) is -0.0508. The average Bonchev–Trinajstić information content (AvgIpc) is 3.04. The number of amides is 1. The van der Waals surface area contributed by atoms with Gasteiger partial charge in [-0.15, -0.1) is 5.10 Å². The van der Waals surface area contributed by atoms with Crippen LogP contribution in [0.25, 0.3) is 0 Å². The van der Waals surface area contributed by atoms with E-state index < -0.39 is 0 Å². The van der Waals surface area contributed by atoms with Crippen LogP contribution >= 0.6 is 0 Å². The fourth-order valence-corrected chi connectivity index (χ4v) is 1.64. The number of nitrogens with one attached hydrogen (secondary N) is 2. The Labute approximate surface area is 121 Å². The summed E-state index contributed by atoms with van der Waals surface area (Å²) in [4.78, 5) is 11.8. The Bertz CT molecular complexity index is 579. The van der Waals surface area contributed by atoms with Gasteiger partial charge >= 0.3 is 0 Å². The molecule has 0 fully saturated rings. The Morgan fingerprint density at radius 3 is 3.10 bits per heavy atom. The molecule has 2 aromatic heterocycles. The SMILES string of the molecule is COCCNCc1cn(CC(=O)Nc2cc(C)on2)nn1. The van der Waals surface area contributed by atoms with E-state index in [0.717, 1.165) is 12.2 Å². The van der Waals surface area contributed by atoms with Gasteiger partial charge in [0.2, 0.25) is 5.91 Å². The molecule has 2 N–H and O–H groups in total. The predicted molar refractivity (Wildman–Crippen MR) is 73.5 cm³/mol. The highest BCUT2D eigenvalue weighted by molar-refractivity contribution is 5.89. The minimum Gasteiger partial charge on any atom is -0.383 e. The molecule has 0 saturated carbocycles. The molecular weight excluding hydrogens is 276 g/mol. The monoisotopic (exact) mass is 294 g/mol. The summed E-state index contributed by atoms with van der Waals surface area (Å²) in [7, 11) is 1.65. The number of nitrogens with zero attached hydrogens (tertiary/aromatic N) is 4. The van der Waals surface area contributed by atoms with Crippen LogP contribution < -0.4 is 10.6 Å². The lowest BCUT2D eigenvalue weighted by Gasteiger charge is -2.01. The van der Waals surface area contributed by atoms with Gasteiger partial charge in [0.05, 0.1) is 18.5 Å². The standard InChI is InChI=1S/C12H18N6O3/c1-9-5-11(16-21-9)14-12(19)8-18-7-10(15-17-18)6-13-3-4-20-2/h5,7,13H,3-4,6,8H2,1-2H3,(H,14,16,19). The van der Waals surface area contributed by atoms with Crippen LogP contribution in [0, 0.1) is 6.92 Å². The molecule has 0 radical (unpaired) electrons. The zero-order valence-corrected chi connectivity index (χ0v) is 12.0. The van der Waals surface area contributed by atoms with Crippen molar-refractivity contribution in [2.24, 2.45) is 0 Å². The Morgan fingerprint density at radius 2 is 2.38 bits per heavy atom. The van der Waals surface area contributed by atoms with Gasteiger partial charge in [0.15, 0.2) is 5.82 Å². The highest BCUT2D eigenvalue weighted by atomic mass is 16.5. The van der Waals surface area contributed by atoms with E-state index in [4.69, 9.17) is 9.26 Å². The molecule has 0 atom stereocenters. The highest BCUT2D eigenvalue weighted by Gasteiger charge is 2.08. The summed E-state index contributed by atoms with van der Waals surface area (Å²) >= 11 is 0. The van der Waals surface area contributed by atoms with E-state index >= 15 is 0 Å². The molecule has 0 spiro atoms. The molecule has 0 bridgehead atoms. The van der Waals surface area contributed by atoms with Crippen LogP contribution in [0.4, 0.5) is 5.82 Å². The molecule has 0 aliphatic rings. The van der Waals surface area contributed by atoms with Crippen molar-refractivity contribution in [3.63, 3.8) is 0 Å². The van der Waals surface area contributed by atoms with Crippen molar-refractivity contribution in [1.29, 1.82) is 0 Å². The summed E-state index contributed by atoms with van der Waals surface area (Å²) in [5, 5.41) is 17.3. The van der Waals surface area contributed by atoms with Gasteiger partial charge in [0.1, 0.15) is 12.3 Å². The molecule has 2 rings (SSSR count). The average molecular weight is 294 g/mol. The molecule has 2 heterocycles. The first-order valence-corrected chi connectivity index (χ1v) is 6.49. The quantitative estimate of drug-likeness (QED) is 0.657. The van der Waals surface area contributed by atoms with Gasteiger partial charge in [0.25, 0.3) is 0 Å². The van der Waals surface area contributed by atoms with Crippen molar-refractivity contribution >= 4 is 11.7 Å². The fourth-order valence-electron chi connectivity index (χ4n) is 1.64. The summed E-state index contributed by atoms with van der Waals surface area (Å²) in [6.45, 7) is 3.76. The van der Waals surface area contributed by atoms with Gasteiger partial charge in [-0.2, -0.15) is 0 Å². The number of aryl methyl sites for hydroxylation is 1. The number of anilines is 1. The zero-order valence-electron chi connectivity index (χ0n) is 12.0. The van der Waals surface area contributed by atoms with Gasteiger partial charge in [-0.1, -0.05) is 10.4 Å². The second kappa shape index (κ2) is 7.50. The fraction of sp³-hybridized carbons (Fsp3) is 0.500. The van der Waals surface area contributed by atoms with Crippen molar-refractivity contribution in [2.75, 3.05) is 25.6 Å². The van der Waals surface area contributed by atoms with Gasteiger partial charge in [0, 0.05) is 26.3 Å². The number of aromatic nitrogens is 4. The molecular formula is C12H18N6O3. The summed E-state index contributed by atoms with van der Waals surface area (Å²) < 4.78 is 11.3. The van der Waals surface area contributed by atoms with Crippen molar-refractivity contribution in [1.82, 2.24) is 25.5 Å². The maximum atomic E-state index is 11.8. The first-order chi connectivity index (χ1) is 10.2. The third kappa shape index (κ3) is 4.97. The van der Waals surface area contributed by atoms with Gasteiger partial charge in [-0.25, -0.2) is 4.68 Å². The van der Waals surface area contributed by atoms with E-state index in [1.807, 2.05) is 0 Å². The molecule has 0 unspecified atom stereocenters. The van der Waals surface area contributed by atoms with E-state index in [0.29, 0.717) is 24.7 Å². The summed E-state index contributed by atoms with van der Waals surface area (Å²) in [6.07, 6.45) is 1.72. The van der Waals surface area contributed by atoms with Crippen LogP contribution in [0.1, 0.15) is 11.5 Å². The summed E-state index contributed by atoms with van der Waals surface area (Å²) in [5.74, 6) is 0.779. The first kappa shape index (κ1) is 15.1. The third-order valence-electron chi connectivity index (χ3n) is 2.58. The van der Waals surface area contributed by atoms with Crippen LogP contribution in [0.15, 0.2) is 16.8 Å². The molecule has 21 heavy (non-hydrogen) atoms. The maximum Gasteiger partial charge on any atom is 0.247 e.